The molecule has 136 valence electrons. The molecule has 0 aromatic heterocycles. The predicted octanol–water partition coefficient (Wildman–Crippen LogP) is 2.45. The number of hydrogen-bond donors (Lipinski definition) is 0. The van der Waals surface area contributed by atoms with Gasteiger partial charge in [-0.3, -0.25) is 24.6 Å². The van der Waals surface area contributed by atoms with E-state index in [2.05, 4.69) is 0 Å². The van der Waals surface area contributed by atoms with Crippen LogP contribution in [-0.4, -0.2) is 40.8 Å². The molecule has 0 saturated heterocycles. The molecule has 8 heteroatoms. The van der Waals surface area contributed by atoms with Gasteiger partial charge in [-0.15, -0.1) is 0 Å². The molecule has 0 N–H and O–H groups in total. The fourth-order valence-electron chi connectivity index (χ4n) is 2.60. The highest BCUT2D eigenvalue weighted by molar-refractivity contribution is 6.21. The largest absolute Gasteiger partial charge is 0.461 e. The van der Waals surface area contributed by atoms with Crippen molar-refractivity contribution in [3.63, 3.8) is 0 Å². The number of carbonyl (C=O) groups is 3. The maximum atomic E-state index is 12.2. The molecule has 0 unspecified atom stereocenters. The number of esters is 1. The van der Waals surface area contributed by atoms with Crippen LogP contribution in [0, 0.1) is 10.1 Å². The summed E-state index contributed by atoms with van der Waals surface area (Å²) in [6.07, 6.45) is 2.62. The molecule has 8 nitrogen and oxygen atoms in total. The molecule has 0 atom stereocenters. The Balaban J connectivity index is 1.51. The van der Waals surface area contributed by atoms with Gasteiger partial charge in [0, 0.05) is 18.2 Å². The van der Waals surface area contributed by atoms with E-state index in [9.17, 15) is 24.5 Å². The van der Waals surface area contributed by atoms with Crippen LogP contribution < -0.4 is 0 Å². The molecule has 1 aliphatic heterocycles. The molecule has 27 heavy (non-hydrogen) atoms. The van der Waals surface area contributed by atoms with Gasteiger partial charge < -0.3 is 4.74 Å². The third kappa shape index (κ3) is 3.90. The average molecular weight is 366 g/mol. The summed E-state index contributed by atoms with van der Waals surface area (Å²) in [4.78, 5) is 47.2. The van der Waals surface area contributed by atoms with Gasteiger partial charge in [0.2, 0.25) is 0 Å². The molecule has 0 saturated carbocycles. The van der Waals surface area contributed by atoms with Crippen LogP contribution in [0.4, 0.5) is 5.69 Å². The highest BCUT2D eigenvalue weighted by Crippen LogP contribution is 2.21. The predicted molar refractivity (Wildman–Crippen MR) is 94.9 cm³/mol. The van der Waals surface area contributed by atoms with Crippen molar-refractivity contribution in [2.24, 2.45) is 0 Å². The molecule has 2 aromatic carbocycles. The number of benzene rings is 2. The van der Waals surface area contributed by atoms with E-state index < -0.39 is 22.7 Å². The molecule has 1 aliphatic rings. The summed E-state index contributed by atoms with van der Waals surface area (Å²) in [7, 11) is 0. The van der Waals surface area contributed by atoms with E-state index in [0.29, 0.717) is 16.7 Å². The van der Waals surface area contributed by atoms with Crippen LogP contribution in [0.2, 0.25) is 0 Å². The summed E-state index contributed by atoms with van der Waals surface area (Å²) in [5.41, 5.74) is 1.23. The van der Waals surface area contributed by atoms with Crippen molar-refractivity contribution in [2.75, 3.05) is 13.2 Å². The number of ether oxygens (including phenoxy) is 1. The third-order valence-electron chi connectivity index (χ3n) is 3.95. The van der Waals surface area contributed by atoms with Crippen LogP contribution in [0.15, 0.2) is 54.6 Å². The highest BCUT2D eigenvalue weighted by atomic mass is 16.6. The second-order valence-electron chi connectivity index (χ2n) is 5.66. The molecular weight excluding hydrogens is 352 g/mol. The Morgan fingerprint density at radius 1 is 1.04 bits per heavy atom. The maximum Gasteiger partial charge on any atom is 0.330 e. The van der Waals surface area contributed by atoms with Crippen LogP contribution in [0.5, 0.6) is 0 Å². The lowest BCUT2D eigenvalue weighted by Gasteiger charge is -2.13. The second kappa shape index (κ2) is 7.61. The molecule has 0 aliphatic carbocycles. The standard InChI is InChI=1S/C19H14N2O6/c22-17(10-7-13-5-8-14(9-6-13)21(25)26)27-12-11-20-18(23)15-3-1-2-4-16(15)19(20)24/h1-10H,11-12H2/b10-7+. The van der Waals surface area contributed by atoms with E-state index in [1.54, 1.807) is 24.3 Å². The fraction of sp³-hybridized carbons (Fsp3) is 0.105. The van der Waals surface area contributed by atoms with Crippen LogP contribution in [0.3, 0.4) is 0 Å². The fourth-order valence-corrected chi connectivity index (χ4v) is 2.60. The molecular formula is C19H14N2O6. The van der Waals surface area contributed by atoms with Gasteiger partial charge in [0.05, 0.1) is 22.6 Å². The summed E-state index contributed by atoms with van der Waals surface area (Å²) < 4.78 is 5.00. The van der Waals surface area contributed by atoms with Gasteiger partial charge in [-0.05, 0) is 35.9 Å². The van der Waals surface area contributed by atoms with Crippen molar-refractivity contribution in [3.05, 3.63) is 81.4 Å². The zero-order chi connectivity index (χ0) is 19.4. The van der Waals surface area contributed by atoms with E-state index >= 15 is 0 Å². The minimum absolute atomic E-state index is 0.0382. The lowest BCUT2D eigenvalue weighted by atomic mass is 10.1. The normalized spacial score (nSPS) is 13.1. The van der Waals surface area contributed by atoms with Crippen molar-refractivity contribution in [3.8, 4) is 0 Å². The first kappa shape index (κ1) is 18.0. The van der Waals surface area contributed by atoms with E-state index in [1.807, 2.05) is 0 Å². The number of rotatable bonds is 6. The topological polar surface area (TPSA) is 107 Å². The number of nitro groups is 1. The number of fused-ring (bicyclic) bond motifs is 1. The van der Waals surface area contributed by atoms with Gasteiger partial charge in [0.25, 0.3) is 17.5 Å². The van der Waals surface area contributed by atoms with E-state index in [-0.39, 0.29) is 18.8 Å². The van der Waals surface area contributed by atoms with Crippen molar-refractivity contribution in [1.29, 1.82) is 0 Å². The Labute approximate surface area is 153 Å². The van der Waals surface area contributed by atoms with Crippen molar-refractivity contribution < 1.29 is 24.0 Å². The van der Waals surface area contributed by atoms with Gasteiger partial charge in [-0.25, -0.2) is 4.79 Å². The van der Waals surface area contributed by atoms with Gasteiger partial charge in [0.1, 0.15) is 6.61 Å². The lowest BCUT2D eigenvalue weighted by Crippen LogP contribution is -2.33. The number of carbonyl (C=O) groups excluding carboxylic acids is 3. The third-order valence-corrected chi connectivity index (χ3v) is 3.95. The van der Waals surface area contributed by atoms with Gasteiger partial charge in [0.15, 0.2) is 0 Å². The van der Waals surface area contributed by atoms with Crippen molar-refractivity contribution >= 4 is 29.5 Å². The number of nitrogens with zero attached hydrogens (tertiary/aromatic N) is 2. The highest BCUT2D eigenvalue weighted by Gasteiger charge is 2.34. The number of non-ortho nitro benzene ring substituents is 1. The first-order valence-corrected chi connectivity index (χ1v) is 8.02. The smallest absolute Gasteiger partial charge is 0.330 e. The van der Waals surface area contributed by atoms with Crippen LogP contribution >= 0.6 is 0 Å². The van der Waals surface area contributed by atoms with Crippen LogP contribution in [0.25, 0.3) is 6.08 Å². The average Bonchev–Trinajstić information content (AvgIpc) is 2.92. The zero-order valence-electron chi connectivity index (χ0n) is 14.0. The van der Waals surface area contributed by atoms with Gasteiger partial charge in [-0.2, -0.15) is 0 Å². The molecule has 0 radical (unpaired) electrons. The molecule has 3 rings (SSSR count). The van der Waals surface area contributed by atoms with Crippen molar-refractivity contribution in [1.82, 2.24) is 4.90 Å². The number of hydrogen-bond acceptors (Lipinski definition) is 6. The Morgan fingerprint density at radius 2 is 1.63 bits per heavy atom. The summed E-state index contributed by atoms with van der Waals surface area (Å²) in [6.45, 7) is -0.168. The van der Waals surface area contributed by atoms with E-state index in [1.165, 1.54) is 36.4 Å². The zero-order valence-corrected chi connectivity index (χ0v) is 14.0. The lowest BCUT2D eigenvalue weighted by molar-refractivity contribution is -0.384. The minimum atomic E-state index is -0.648. The van der Waals surface area contributed by atoms with E-state index in [4.69, 9.17) is 4.74 Å². The molecule has 2 amide bonds. The molecule has 0 bridgehead atoms. The second-order valence-corrected chi connectivity index (χ2v) is 5.66. The molecule has 0 spiro atoms. The summed E-state index contributed by atoms with van der Waals surface area (Å²) in [5, 5.41) is 10.6. The van der Waals surface area contributed by atoms with Crippen molar-refractivity contribution in [2.45, 2.75) is 0 Å². The summed E-state index contributed by atoms with van der Waals surface area (Å²) in [5.74, 6) is -1.47. The Morgan fingerprint density at radius 3 is 2.19 bits per heavy atom. The minimum Gasteiger partial charge on any atom is -0.461 e. The van der Waals surface area contributed by atoms with Crippen LogP contribution in [0.1, 0.15) is 26.3 Å². The van der Waals surface area contributed by atoms with E-state index in [0.717, 1.165) is 4.90 Å². The van der Waals surface area contributed by atoms with Gasteiger partial charge in [-0.1, -0.05) is 12.1 Å². The SMILES string of the molecule is O=C(/C=C/c1ccc([N+](=O)[O-])cc1)OCCN1C(=O)c2ccccc2C1=O. The Kier molecular flexibility index (Phi) is 5.07. The van der Waals surface area contributed by atoms with Crippen LogP contribution in [-0.2, 0) is 9.53 Å². The monoisotopic (exact) mass is 366 g/mol. The number of nitro benzene ring substituents is 1. The summed E-state index contributed by atoms with van der Waals surface area (Å²) in [6, 6.07) is 12.2. The summed E-state index contributed by atoms with van der Waals surface area (Å²) >= 11 is 0. The number of amides is 2. The Hall–Kier alpha value is -3.81. The first-order chi connectivity index (χ1) is 13.0. The molecule has 0 fully saturated rings. The molecule has 1 heterocycles. The first-order valence-electron chi connectivity index (χ1n) is 8.02. The molecule has 2 aromatic rings. The number of imide groups is 1. The quantitative estimate of drug-likeness (QED) is 0.255. The maximum absolute atomic E-state index is 12.2. The Bertz CT molecular complexity index is 914. The van der Waals surface area contributed by atoms with Gasteiger partial charge >= 0.3 is 5.97 Å².